The van der Waals surface area contributed by atoms with Crippen molar-refractivity contribution in [1.82, 2.24) is 9.88 Å². The van der Waals surface area contributed by atoms with Gasteiger partial charge in [-0.2, -0.15) is 0 Å². The van der Waals surface area contributed by atoms with Crippen molar-refractivity contribution >= 4 is 11.6 Å². The molecule has 0 aliphatic carbocycles. The first-order valence-corrected chi connectivity index (χ1v) is 5.72. The van der Waals surface area contributed by atoms with E-state index in [1.165, 1.54) is 12.5 Å². The van der Waals surface area contributed by atoms with Crippen LogP contribution < -0.4 is 5.56 Å². The molecule has 2 heterocycles. The van der Waals surface area contributed by atoms with Crippen LogP contribution in [-0.4, -0.2) is 23.0 Å². The Labute approximate surface area is 94.1 Å². The van der Waals surface area contributed by atoms with E-state index in [-0.39, 0.29) is 5.56 Å². The first-order chi connectivity index (χ1) is 7.20. The third-order valence-corrected chi connectivity index (χ3v) is 3.18. The van der Waals surface area contributed by atoms with Crippen LogP contribution in [0.3, 0.4) is 0 Å². The van der Waals surface area contributed by atoms with Gasteiger partial charge in [-0.15, -0.1) is 0 Å². The van der Waals surface area contributed by atoms with Gasteiger partial charge in [0.2, 0.25) is 5.56 Å². The van der Waals surface area contributed by atoms with Crippen molar-refractivity contribution in [3.8, 4) is 0 Å². The van der Waals surface area contributed by atoms with Crippen LogP contribution in [0.25, 0.3) is 0 Å². The topological polar surface area (TPSA) is 36.1 Å². The zero-order chi connectivity index (χ0) is 10.8. The molecule has 0 radical (unpaired) electrons. The third kappa shape index (κ3) is 2.24. The summed E-state index contributed by atoms with van der Waals surface area (Å²) in [7, 11) is 0. The smallest absolute Gasteiger partial charge is 0.249 e. The minimum atomic E-state index is -0.111. The molecule has 0 aromatic carbocycles. The molecule has 0 spiro atoms. The van der Waals surface area contributed by atoms with Crippen LogP contribution in [0.15, 0.2) is 16.9 Å². The van der Waals surface area contributed by atoms with E-state index >= 15 is 0 Å². The van der Waals surface area contributed by atoms with Crippen molar-refractivity contribution in [2.24, 2.45) is 0 Å². The Balaban J connectivity index is 2.32. The Morgan fingerprint density at radius 1 is 1.60 bits per heavy atom. The number of aromatic amines is 1. The molecule has 1 unspecified atom stereocenters. The van der Waals surface area contributed by atoms with Gasteiger partial charge in [0.25, 0.3) is 0 Å². The van der Waals surface area contributed by atoms with Gasteiger partial charge >= 0.3 is 0 Å². The zero-order valence-electron chi connectivity index (χ0n) is 8.79. The second-order valence-electron chi connectivity index (χ2n) is 3.90. The van der Waals surface area contributed by atoms with Crippen molar-refractivity contribution in [3.63, 3.8) is 0 Å². The largest absolute Gasteiger partial charge is 0.325 e. The molecule has 3 nitrogen and oxygen atoms in total. The molecule has 82 valence electrons. The van der Waals surface area contributed by atoms with Crippen LogP contribution in [-0.2, 0) is 0 Å². The maximum atomic E-state index is 11.3. The molecule has 1 atom stereocenters. The number of pyridine rings is 1. The molecule has 1 N–H and O–H groups in total. The van der Waals surface area contributed by atoms with Gasteiger partial charge in [-0.05, 0) is 32.0 Å². The SMILES string of the molecule is CCN1CCCC1c1cc(Cl)cc(=O)[nH]1. The highest BCUT2D eigenvalue weighted by atomic mass is 35.5. The van der Waals surface area contributed by atoms with E-state index in [1.807, 2.05) is 6.07 Å². The van der Waals surface area contributed by atoms with Gasteiger partial charge in [0, 0.05) is 22.8 Å². The predicted molar refractivity (Wildman–Crippen MR) is 61.3 cm³/mol. The van der Waals surface area contributed by atoms with Gasteiger partial charge in [0.15, 0.2) is 0 Å². The Hall–Kier alpha value is -0.800. The average Bonchev–Trinajstić information content (AvgIpc) is 2.63. The molecule has 15 heavy (non-hydrogen) atoms. The Morgan fingerprint density at radius 2 is 2.40 bits per heavy atom. The number of halogens is 1. The molecule has 1 aromatic rings. The summed E-state index contributed by atoms with van der Waals surface area (Å²) >= 11 is 5.88. The highest BCUT2D eigenvalue weighted by Crippen LogP contribution is 2.30. The summed E-state index contributed by atoms with van der Waals surface area (Å²) in [5, 5.41) is 0.525. The van der Waals surface area contributed by atoms with Crippen molar-refractivity contribution in [3.05, 3.63) is 33.2 Å². The molecule has 2 rings (SSSR count). The summed E-state index contributed by atoms with van der Waals surface area (Å²) in [5.41, 5.74) is 0.840. The lowest BCUT2D eigenvalue weighted by Crippen LogP contribution is -2.24. The Bertz CT molecular complexity index is 402. The summed E-state index contributed by atoms with van der Waals surface area (Å²) in [4.78, 5) is 16.5. The number of hydrogen-bond acceptors (Lipinski definition) is 2. The van der Waals surface area contributed by atoms with E-state index in [0.717, 1.165) is 25.2 Å². The second kappa shape index (κ2) is 4.37. The highest BCUT2D eigenvalue weighted by Gasteiger charge is 2.25. The second-order valence-corrected chi connectivity index (χ2v) is 4.34. The van der Waals surface area contributed by atoms with E-state index in [0.29, 0.717) is 11.1 Å². The van der Waals surface area contributed by atoms with Gasteiger partial charge in [-0.1, -0.05) is 18.5 Å². The summed E-state index contributed by atoms with van der Waals surface area (Å²) < 4.78 is 0. The first-order valence-electron chi connectivity index (χ1n) is 5.34. The molecule has 0 amide bonds. The van der Waals surface area contributed by atoms with Crippen molar-refractivity contribution in [2.75, 3.05) is 13.1 Å². The van der Waals surface area contributed by atoms with E-state index < -0.39 is 0 Å². The number of nitrogens with zero attached hydrogens (tertiary/aromatic N) is 1. The van der Waals surface area contributed by atoms with Gasteiger partial charge < -0.3 is 4.98 Å². The van der Waals surface area contributed by atoms with Crippen molar-refractivity contribution in [1.29, 1.82) is 0 Å². The monoisotopic (exact) mass is 226 g/mol. The zero-order valence-corrected chi connectivity index (χ0v) is 9.55. The first kappa shape index (κ1) is 10.7. The Morgan fingerprint density at radius 3 is 3.07 bits per heavy atom. The lowest BCUT2D eigenvalue weighted by Gasteiger charge is -2.22. The lowest BCUT2D eigenvalue weighted by molar-refractivity contribution is 0.267. The molecule has 0 saturated carbocycles. The molecule has 1 aliphatic heterocycles. The quantitative estimate of drug-likeness (QED) is 0.839. The third-order valence-electron chi connectivity index (χ3n) is 2.96. The fourth-order valence-corrected chi connectivity index (χ4v) is 2.48. The van der Waals surface area contributed by atoms with Crippen molar-refractivity contribution < 1.29 is 0 Å². The van der Waals surface area contributed by atoms with Crippen LogP contribution in [0.5, 0.6) is 0 Å². The highest BCUT2D eigenvalue weighted by molar-refractivity contribution is 6.30. The van der Waals surface area contributed by atoms with Gasteiger partial charge in [-0.3, -0.25) is 9.69 Å². The maximum Gasteiger partial charge on any atom is 0.249 e. The fourth-order valence-electron chi connectivity index (χ4n) is 2.27. The molecule has 1 saturated heterocycles. The van der Waals surface area contributed by atoms with Crippen LogP contribution in [0, 0.1) is 0 Å². The van der Waals surface area contributed by atoms with Crippen LogP contribution in [0.1, 0.15) is 31.5 Å². The molecular formula is C11H15ClN2O. The molecule has 4 heteroatoms. The number of nitrogens with one attached hydrogen (secondary N) is 1. The summed E-state index contributed by atoms with van der Waals surface area (Å²) in [6, 6.07) is 3.61. The maximum absolute atomic E-state index is 11.3. The summed E-state index contributed by atoms with van der Waals surface area (Å²) in [5.74, 6) is 0. The molecule has 1 fully saturated rings. The predicted octanol–water partition coefficient (Wildman–Crippen LogP) is 2.19. The standard InChI is InChI=1S/C11H15ClN2O/c1-2-14-5-3-4-10(14)9-6-8(12)7-11(15)13-9/h6-7,10H,2-5H2,1H3,(H,13,15). The fraction of sp³-hybridized carbons (Fsp3) is 0.545. The lowest BCUT2D eigenvalue weighted by atomic mass is 10.1. The van der Waals surface area contributed by atoms with Gasteiger partial charge in [0.1, 0.15) is 0 Å². The van der Waals surface area contributed by atoms with E-state index in [4.69, 9.17) is 11.6 Å². The number of aromatic nitrogens is 1. The van der Waals surface area contributed by atoms with E-state index in [2.05, 4.69) is 16.8 Å². The Kier molecular flexibility index (Phi) is 3.12. The molecule has 0 bridgehead atoms. The minimum absolute atomic E-state index is 0.111. The molecular weight excluding hydrogens is 212 g/mol. The van der Waals surface area contributed by atoms with E-state index in [9.17, 15) is 4.79 Å². The molecule has 1 aromatic heterocycles. The van der Waals surface area contributed by atoms with E-state index in [1.54, 1.807) is 0 Å². The summed E-state index contributed by atoms with van der Waals surface area (Å²) in [6.07, 6.45) is 2.29. The number of rotatable bonds is 2. The van der Waals surface area contributed by atoms with Gasteiger partial charge in [0.05, 0.1) is 0 Å². The number of likely N-dealkylation sites (tertiary alicyclic amines) is 1. The number of hydrogen-bond donors (Lipinski definition) is 1. The van der Waals surface area contributed by atoms with Crippen LogP contribution in [0.4, 0.5) is 0 Å². The molecule has 1 aliphatic rings. The van der Waals surface area contributed by atoms with Gasteiger partial charge in [-0.25, -0.2) is 0 Å². The van der Waals surface area contributed by atoms with Crippen LogP contribution >= 0.6 is 11.6 Å². The van der Waals surface area contributed by atoms with Crippen molar-refractivity contribution in [2.45, 2.75) is 25.8 Å². The average molecular weight is 227 g/mol. The number of H-pyrrole nitrogens is 1. The summed E-state index contributed by atoms with van der Waals surface area (Å²) in [6.45, 7) is 4.26. The van der Waals surface area contributed by atoms with Crippen LogP contribution in [0.2, 0.25) is 5.02 Å². The minimum Gasteiger partial charge on any atom is -0.325 e. The normalized spacial score (nSPS) is 22.1.